The fourth-order valence-electron chi connectivity index (χ4n) is 1.42. The summed E-state index contributed by atoms with van der Waals surface area (Å²) in [6.45, 7) is -2.14. The molecule has 0 unspecified atom stereocenters. The second kappa shape index (κ2) is 6.96. The molecule has 0 aliphatic carbocycles. The number of halogens is 3. The van der Waals surface area contributed by atoms with Gasteiger partial charge in [0.25, 0.3) is 0 Å². The van der Waals surface area contributed by atoms with Crippen LogP contribution in [-0.2, 0) is 14.8 Å². The van der Waals surface area contributed by atoms with Crippen LogP contribution in [0.25, 0.3) is 0 Å². The van der Waals surface area contributed by atoms with Gasteiger partial charge in [-0.05, 0) is 12.1 Å². The number of alkyl halides is 3. The summed E-state index contributed by atoms with van der Waals surface area (Å²) in [7, 11) is -2.65. The number of anilines is 1. The van der Waals surface area contributed by atoms with E-state index in [-0.39, 0.29) is 17.2 Å². The Kier molecular flexibility index (Phi) is 5.81. The van der Waals surface area contributed by atoms with Crippen molar-refractivity contribution in [2.75, 3.05) is 32.6 Å². The molecule has 21 heavy (non-hydrogen) atoms. The first-order valence-electron chi connectivity index (χ1n) is 5.73. The lowest BCUT2D eigenvalue weighted by atomic mass is 10.3. The highest BCUT2D eigenvalue weighted by molar-refractivity contribution is 7.89. The minimum absolute atomic E-state index is 0.0405. The molecule has 0 aromatic heterocycles. The molecule has 0 fully saturated rings. The summed E-state index contributed by atoms with van der Waals surface area (Å²) in [5.74, 6) is 0.0405. The molecular formula is C11H15F3N2O4S. The summed E-state index contributed by atoms with van der Waals surface area (Å²) < 4.78 is 70.7. The van der Waals surface area contributed by atoms with Crippen molar-refractivity contribution < 1.29 is 31.1 Å². The highest BCUT2D eigenvalue weighted by Crippen LogP contribution is 2.25. The van der Waals surface area contributed by atoms with E-state index in [9.17, 15) is 21.6 Å². The third-order valence-corrected chi connectivity index (χ3v) is 3.78. The second-order valence-corrected chi connectivity index (χ2v) is 5.71. The van der Waals surface area contributed by atoms with Crippen LogP contribution < -0.4 is 15.2 Å². The van der Waals surface area contributed by atoms with E-state index < -0.39 is 29.4 Å². The Morgan fingerprint density at radius 2 is 2.00 bits per heavy atom. The molecule has 0 atom stereocenters. The number of hydrogen-bond donors (Lipinski definition) is 2. The number of benzene rings is 1. The Morgan fingerprint density at radius 1 is 1.33 bits per heavy atom. The standard InChI is InChI=1S/C11H15F3N2O4S/c1-19-9-6-8(15)2-3-10(9)21(17,18)16-4-5-20-7-11(12,13)14/h2-3,6,16H,4-5,7,15H2,1H3. The number of methoxy groups -OCH3 is 1. The summed E-state index contributed by atoms with van der Waals surface area (Å²) in [5.41, 5.74) is 5.82. The predicted molar refractivity (Wildman–Crippen MR) is 69.5 cm³/mol. The highest BCUT2D eigenvalue weighted by Gasteiger charge is 2.27. The van der Waals surface area contributed by atoms with Gasteiger partial charge in [-0.3, -0.25) is 0 Å². The molecule has 1 rings (SSSR count). The van der Waals surface area contributed by atoms with Crippen LogP contribution in [0.5, 0.6) is 5.75 Å². The summed E-state index contributed by atoms with van der Waals surface area (Å²) in [6, 6.07) is 3.94. The van der Waals surface area contributed by atoms with Crippen LogP contribution in [-0.4, -0.2) is 41.5 Å². The molecular weight excluding hydrogens is 313 g/mol. The van der Waals surface area contributed by atoms with Crippen LogP contribution in [0.3, 0.4) is 0 Å². The minimum atomic E-state index is -4.45. The predicted octanol–water partition coefficient (Wildman–Crippen LogP) is 1.13. The SMILES string of the molecule is COc1cc(N)ccc1S(=O)(=O)NCCOCC(F)(F)F. The molecule has 1 aromatic carbocycles. The Hall–Kier alpha value is -1.52. The zero-order valence-corrected chi connectivity index (χ0v) is 11.9. The topological polar surface area (TPSA) is 90.7 Å². The number of nitrogens with two attached hydrogens (primary N) is 1. The van der Waals surface area contributed by atoms with E-state index in [1.54, 1.807) is 0 Å². The largest absolute Gasteiger partial charge is 0.495 e. The molecule has 0 saturated carbocycles. The number of ether oxygens (including phenoxy) is 2. The zero-order valence-electron chi connectivity index (χ0n) is 11.1. The van der Waals surface area contributed by atoms with Gasteiger partial charge in [0, 0.05) is 18.3 Å². The first kappa shape index (κ1) is 17.5. The first-order chi connectivity index (χ1) is 9.65. The maximum atomic E-state index is 12.0. The van der Waals surface area contributed by atoms with Gasteiger partial charge in [-0.15, -0.1) is 0 Å². The van der Waals surface area contributed by atoms with Crippen LogP contribution in [0.4, 0.5) is 18.9 Å². The quantitative estimate of drug-likeness (QED) is 0.578. The van der Waals surface area contributed by atoms with E-state index in [4.69, 9.17) is 10.5 Å². The molecule has 0 radical (unpaired) electrons. The molecule has 1 aromatic rings. The van der Waals surface area contributed by atoms with Crippen molar-refractivity contribution in [2.24, 2.45) is 0 Å². The Balaban J connectivity index is 2.62. The van der Waals surface area contributed by atoms with Gasteiger partial charge in [0.1, 0.15) is 17.3 Å². The molecule has 6 nitrogen and oxygen atoms in total. The number of sulfonamides is 1. The van der Waals surface area contributed by atoms with E-state index in [2.05, 4.69) is 9.46 Å². The monoisotopic (exact) mass is 328 g/mol. The summed E-state index contributed by atoms with van der Waals surface area (Å²) in [4.78, 5) is -0.157. The molecule has 3 N–H and O–H groups in total. The molecule has 0 amide bonds. The molecule has 0 aliphatic heterocycles. The maximum absolute atomic E-state index is 12.0. The van der Waals surface area contributed by atoms with Crippen LogP contribution >= 0.6 is 0 Å². The lowest BCUT2D eigenvalue weighted by molar-refractivity contribution is -0.173. The van der Waals surface area contributed by atoms with Crippen LogP contribution in [0.1, 0.15) is 0 Å². The molecule has 10 heteroatoms. The number of nitrogen functional groups attached to an aromatic ring is 1. The first-order valence-corrected chi connectivity index (χ1v) is 7.22. The van der Waals surface area contributed by atoms with Crippen molar-refractivity contribution >= 4 is 15.7 Å². The van der Waals surface area contributed by atoms with Gasteiger partial charge in [0.05, 0.1) is 13.7 Å². The Labute approximate surface area is 120 Å². The van der Waals surface area contributed by atoms with Crippen molar-refractivity contribution in [3.63, 3.8) is 0 Å². The average molecular weight is 328 g/mol. The molecule has 0 aliphatic rings. The van der Waals surface area contributed by atoms with Crippen molar-refractivity contribution in [1.29, 1.82) is 0 Å². The fourth-order valence-corrected chi connectivity index (χ4v) is 2.58. The van der Waals surface area contributed by atoms with Crippen LogP contribution in [0.15, 0.2) is 23.1 Å². The molecule has 0 spiro atoms. The normalized spacial score (nSPS) is 12.4. The third kappa shape index (κ3) is 5.78. The van der Waals surface area contributed by atoms with Gasteiger partial charge in [0.2, 0.25) is 10.0 Å². The number of nitrogens with one attached hydrogen (secondary N) is 1. The number of rotatable bonds is 7. The number of hydrogen-bond acceptors (Lipinski definition) is 5. The smallest absolute Gasteiger partial charge is 0.411 e. The molecule has 120 valence electrons. The zero-order chi connectivity index (χ0) is 16.1. The van der Waals surface area contributed by atoms with E-state index in [1.807, 2.05) is 0 Å². The van der Waals surface area contributed by atoms with Crippen LogP contribution in [0, 0.1) is 0 Å². The Morgan fingerprint density at radius 3 is 2.57 bits per heavy atom. The van der Waals surface area contributed by atoms with Gasteiger partial charge in [-0.25, -0.2) is 13.1 Å². The van der Waals surface area contributed by atoms with E-state index in [1.165, 1.54) is 25.3 Å². The second-order valence-electron chi connectivity index (χ2n) is 3.98. The van der Waals surface area contributed by atoms with Gasteiger partial charge >= 0.3 is 6.18 Å². The fraction of sp³-hybridized carbons (Fsp3) is 0.455. The maximum Gasteiger partial charge on any atom is 0.411 e. The lowest BCUT2D eigenvalue weighted by Crippen LogP contribution is -2.29. The molecule has 0 bridgehead atoms. The minimum Gasteiger partial charge on any atom is -0.495 e. The average Bonchev–Trinajstić information content (AvgIpc) is 2.36. The van der Waals surface area contributed by atoms with E-state index >= 15 is 0 Å². The van der Waals surface area contributed by atoms with Crippen molar-refractivity contribution in [2.45, 2.75) is 11.1 Å². The van der Waals surface area contributed by atoms with Crippen molar-refractivity contribution in [3.8, 4) is 5.75 Å². The lowest BCUT2D eigenvalue weighted by Gasteiger charge is -2.12. The van der Waals surface area contributed by atoms with Crippen molar-refractivity contribution in [1.82, 2.24) is 4.72 Å². The highest BCUT2D eigenvalue weighted by atomic mass is 32.2. The molecule has 0 saturated heterocycles. The Bertz CT molecular complexity index is 575. The third-order valence-electron chi connectivity index (χ3n) is 2.28. The van der Waals surface area contributed by atoms with Crippen molar-refractivity contribution in [3.05, 3.63) is 18.2 Å². The van der Waals surface area contributed by atoms with E-state index in [0.717, 1.165) is 0 Å². The van der Waals surface area contributed by atoms with Gasteiger partial charge < -0.3 is 15.2 Å². The molecule has 0 heterocycles. The van der Waals surface area contributed by atoms with Crippen LogP contribution in [0.2, 0.25) is 0 Å². The summed E-state index contributed by atoms with van der Waals surface area (Å²) >= 11 is 0. The van der Waals surface area contributed by atoms with Gasteiger partial charge in [0.15, 0.2) is 0 Å². The van der Waals surface area contributed by atoms with E-state index in [0.29, 0.717) is 5.69 Å². The van der Waals surface area contributed by atoms with Gasteiger partial charge in [-0.1, -0.05) is 0 Å². The van der Waals surface area contributed by atoms with Gasteiger partial charge in [-0.2, -0.15) is 13.2 Å². The summed E-state index contributed by atoms with van der Waals surface area (Å²) in [6.07, 6.45) is -4.45. The summed E-state index contributed by atoms with van der Waals surface area (Å²) in [5, 5.41) is 0.